The molecule has 0 spiro atoms. The Morgan fingerprint density at radius 3 is 3.08 bits per heavy atom. The Morgan fingerprint density at radius 2 is 2.23 bits per heavy atom. The van der Waals surface area contributed by atoms with Gasteiger partial charge in [0.1, 0.15) is 11.5 Å². The number of ether oxygens (including phenoxy) is 2. The minimum atomic E-state index is 0.0335. The second-order valence-corrected chi connectivity index (χ2v) is 3.05. The van der Waals surface area contributed by atoms with E-state index < -0.39 is 0 Å². The molecule has 0 amide bonds. The van der Waals surface area contributed by atoms with Crippen molar-refractivity contribution >= 4 is 11.3 Å². The zero-order valence-corrected chi connectivity index (χ0v) is 6.91. The van der Waals surface area contributed by atoms with Gasteiger partial charge < -0.3 is 14.6 Å². The molecule has 0 fully saturated rings. The van der Waals surface area contributed by atoms with E-state index in [1.54, 1.807) is 0 Å². The molecule has 0 saturated heterocycles. The van der Waals surface area contributed by atoms with Crippen LogP contribution in [0.2, 0.25) is 0 Å². The van der Waals surface area contributed by atoms with E-state index in [0.717, 1.165) is 28.2 Å². The fraction of sp³-hybridized carbons (Fsp3) is 0.200. The first kappa shape index (κ1) is 6.97. The van der Waals surface area contributed by atoms with Gasteiger partial charge in [-0.3, -0.25) is 0 Å². The summed E-state index contributed by atoms with van der Waals surface area (Å²) in [4.78, 5) is 0. The first-order chi connectivity index (χ1) is 6.42. The summed E-state index contributed by atoms with van der Waals surface area (Å²) in [5, 5.41) is 9.07. The normalized spacial score (nSPS) is 17.0. The summed E-state index contributed by atoms with van der Waals surface area (Å²) in [6.07, 6.45) is 0. The van der Waals surface area contributed by atoms with Gasteiger partial charge in [-0.2, -0.15) is 0 Å². The molecule has 1 aromatic rings. The summed E-state index contributed by atoms with van der Waals surface area (Å²) in [6.45, 7) is 0.279. The highest BCUT2D eigenvalue weighted by atomic mass is 16.7. The highest BCUT2D eigenvalue weighted by Crippen LogP contribution is 2.47. The van der Waals surface area contributed by atoms with Gasteiger partial charge in [0.25, 0.3) is 0 Å². The van der Waals surface area contributed by atoms with E-state index >= 15 is 0 Å². The van der Waals surface area contributed by atoms with Crippen LogP contribution in [0.5, 0.6) is 5.75 Å². The Kier molecular flexibility index (Phi) is 1.21. The van der Waals surface area contributed by atoms with Gasteiger partial charge in [-0.25, -0.2) is 0 Å². The van der Waals surface area contributed by atoms with Crippen LogP contribution >= 0.6 is 0 Å². The van der Waals surface area contributed by atoms with Gasteiger partial charge in [0.15, 0.2) is 0 Å². The average Bonchev–Trinajstić information content (AvgIpc) is 2.17. The topological polar surface area (TPSA) is 38.7 Å². The first-order valence-corrected chi connectivity index (χ1v) is 4.15. The van der Waals surface area contributed by atoms with Crippen LogP contribution in [0.1, 0.15) is 11.1 Å². The van der Waals surface area contributed by atoms with E-state index in [1.807, 2.05) is 18.2 Å². The largest absolute Gasteiger partial charge is 0.457 e. The SMILES string of the molecule is OCC1=C2OCOc3cccc1c32. The molecular weight excluding hydrogens is 168 g/mol. The molecule has 1 aromatic carbocycles. The van der Waals surface area contributed by atoms with Crippen LogP contribution in [0.15, 0.2) is 18.2 Å². The Balaban J connectivity index is 2.23. The second kappa shape index (κ2) is 2.26. The van der Waals surface area contributed by atoms with Crippen LogP contribution in [0.3, 0.4) is 0 Å². The third-order valence-corrected chi connectivity index (χ3v) is 2.43. The molecule has 3 nitrogen and oxygen atoms in total. The zero-order valence-electron chi connectivity index (χ0n) is 6.91. The van der Waals surface area contributed by atoms with E-state index in [9.17, 15) is 0 Å². The highest BCUT2D eigenvalue weighted by Gasteiger charge is 2.33. The average molecular weight is 176 g/mol. The summed E-state index contributed by atoms with van der Waals surface area (Å²) in [5.41, 5.74) is 2.95. The van der Waals surface area contributed by atoms with Crippen LogP contribution in [-0.2, 0) is 4.74 Å². The number of benzene rings is 1. The maximum absolute atomic E-state index is 9.07. The van der Waals surface area contributed by atoms with Crippen LogP contribution in [0.25, 0.3) is 11.3 Å². The summed E-state index contributed by atoms with van der Waals surface area (Å²) < 4.78 is 10.6. The maximum atomic E-state index is 9.07. The Hall–Kier alpha value is -1.48. The third kappa shape index (κ3) is 0.722. The van der Waals surface area contributed by atoms with Crippen molar-refractivity contribution in [2.24, 2.45) is 0 Å². The third-order valence-electron chi connectivity index (χ3n) is 2.43. The first-order valence-electron chi connectivity index (χ1n) is 4.15. The molecule has 0 radical (unpaired) electrons. The molecule has 1 aliphatic carbocycles. The molecule has 66 valence electrons. The monoisotopic (exact) mass is 176 g/mol. The van der Waals surface area contributed by atoms with Crippen molar-refractivity contribution in [1.29, 1.82) is 0 Å². The van der Waals surface area contributed by atoms with E-state index in [1.165, 1.54) is 0 Å². The van der Waals surface area contributed by atoms with Crippen molar-refractivity contribution in [2.75, 3.05) is 13.4 Å². The minimum absolute atomic E-state index is 0.0335. The number of hydrogen-bond acceptors (Lipinski definition) is 3. The molecule has 3 heteroatoms. The highest BCUT2D eigenvalue weighted by molar-refractivity contribution is 6.03. The van der Waals surface area contributed by atoms with E-state index in [-0.39, 0.29) is 13.4 Å². The van der Waals surface area contributed by atoms with E-state index in [0.29, 0.717) is 0 Å². The Bertz CT molecular complexity index is 407. The fourth-order valence-electron chi connectivity index (χ4n) is 1.82. The lowest BCUT2D eigenvalue weighted by molar-refractivity contribution is 0.0782. The van der Waals surface area contributed by atoms with Crippen molar-refractivity contribution in [2.45, 2.75) is 0 Å². The van der Waals surface area contributed by atoms with Gasteiger partial charge in [0, 0.05) is 5.57 Å². The van der Waals surface area contributed by atoms with Crippen LogP contribution in [0.4, 0.5) is 0 Å². The van der Waals surface area contributed by atoms with Crippen LogP contribution in [-0.4, -0.2) is 18.5 Å². The molecule has 1 aliphatic heterocycles. The van der Waals surface area contributed by atoms with Gasteiger partial charge >= 0.3 is 0 Å². The maximum Gasteiger partial charge on any atom is 0.230 e. The predicted octanol–water partition coefficient (Wildman–Crippen LogP) is 1.23. The Labute approximate surface area is 75.2 Å². The van der Waals surface area contributed by atoms with Crippen LogP contribution < -0.4 is 4.74 Å². The van der Waals surface area contributed by atoms with E-state index in [4.69, 9.17) is 14.6 Å². The summed E-state index contributed by atoms with van der Waals surface area (Å²) in [7, 11) is 0. The number of rotatable bonds is 1. The van der Waals surface area contributed by atoms with Crippen molar-refractivity contribution in [1.82, 2.24) is 0 Å². The smallest absolute Gasteiger partial charge is 0.230 e. The van der Waals surface area contributed by atoms with Crippen molar-refractivity contribution in [3.8, 4) is 5.75 Å². The molecular formula is C10H8O3. The molecule has 2 aliphatic rings. The lowest BCUT2D eigenvalue weighted by atomic mass is 9.85. The van der Waals surface area contributed by atoms with Gasteiger partial charge in [-0.05, 0) is 11.6 Å². The van der Waals surface area contributed by atoms with Crippen LogP contribution in [0, 0.1) is 0 Å². The molecule has 3 rings (SSSR count). The fourth-order valence-corrected chi connectivity index (χ4v) is 1.82. The summed E-state index contributed by atoms with van der Waals surface area (Å²) in [6, 6.07) is 5.80. The van der Waals surface area contributed by atoms with Gasteiger partial charge in [0.05, 0.1) is 12.2 Å². The van der Waals surface area contributed by atoms with Gasteiger partial charge in [-0.15, -0.1) is 0 Å². The lowest BCUT2D eigenvalue weighted by Crippen LogP contribution is -2.20. The minimum Gasteiger partial charge on any atom is -0.457 e. The molecule has 0 bridgehead atoms. The standard InChI is InChI=1S/C10H8O3/c11-4-7-6-2-1-3-8-9(6)10(7)13-5-12-8/h1-3,11H,4-5H2. The van der Waals surface area contributed by atoms with Gasteiger partial charge in [-0.1, -0.05) is 12.1 Å². The zero-order chi connectivity index (χ0) is 8.84. The van der Waals surface area contributed by atoms with Crippen molar-refractivity contribution in [3.05, 3.63) is 29.3 Å². The van der Waals surface area contributed by atoms with Crippen molar-refractivity contribution < 1.29 is 14.6 Å². The Morgan fingerprint density at radius 1 is 1.31 bits per heavy atom. The molecule has 13 heavy (non-hydrogen) atoms. The molecule has 0 unspecified atom stereocenters. The quantitative estimate of drug-likeness (QED) is 0.699. The molecule has 0 aromatic heterocycles. The molecule has 1 heterocycles. The van der Waals surface area contributed by atoms with Crippen molar-refractivity contribution in [3.63, 3.8) is 0 Å². The predicted molar refractivity (Wildman–Crippen MR) is 46.9 cm³/mol. The molecule has 1 N–H and O–H groups in total. The number of aliphatic hydroxyl groups is 1. The molecule has 0 saturated carbocycles. The second-order valence-electron chi connectivity index (χ2n) is 3.05. The number of hydrogen-bond donors (Lipinski definition) is 1. The molecule has 0 atom stereocenters. The summed E-state index contributed by atoms with van der Waals surface area (Å²) in [5.74, 6) is 1.66. The lowest BCUT2D eigenvalue weighted by Gasteiger charge is -2.32. The van der Waals surface area contributed by atoms with Gasteiger partial charge in [0.2, 0.25) is 6.79 Å². The van der Waals surface area contributed by atoms with E-state index in [2.05, 4.69) is 0 Å². The number of aliphatic hydroxyl groups excluding tert-OH is 1. The summed E-state index contributed by atoms with van der Waals surface area (Å²) >= 11 is 0.